The monoisotopic (exact) mass is 187 g/mol. The van der Waals surface area contributed by atoms with Crippen LogP contribution in [0.4, 0.5) is 0 Å². The largest absolute Gasteiger partial charge is 0.373 e. The molecule has 3 N–H and O–H groups in total. The third-order valence-electron chi connectivity index (χ3n) is 2.65. The van der Waals surface area contributed by atoms with E-state index in [-0.39, 0.29) is 6.04 Å². The lowest BCUT2D eigenvalue weighted by Gasteiger charge is -2.16. The van der Waals surface area contributed by atoms with Crippen LogP contribution in [0.3, 0.4) is 0 Å². The van der Waals surface area contributed by atoms with Crippen molar-refractivity contribution < 1.29 is 5.11 Å². The van der Waals surface area contributed by atoms with E-state index >= 15 is 0 Å². The first-order chi connectivity index (χ1) is 6.67. The van der Waals surface area contributed by atoms with Crippen LogP contribution in [0.5, 0.6) is 0 Å². The maximum atomic E-state index is 10.3. The fourth-order valence-electron chi connectivity index (χ4n) is 2.06. The summed E-state index contributed by atoms with van der Waals surface area (Å²) in [5.41, 5.74) is 6.76. The van der Waals surface area contributed by atoms with E-state index in [1.54, 1.807) is 6.92 Å². The van der Waals surface area contributed by atoms with E-state index in [1.807, 2.05) is 24.3 Å². The van der Waals surface area contributed by atoms with E-state index < -0.39 is 5.60 Å². The number of nitrogens with two attached hydrogens (primary N) is 1. The molecule has 0 heterocycles. The van der Waals surface area contributed by atoms with Gasteiger partial charge in [0.2, 0.25) is 0 Å². The first-order valence-corrected chi connectivity index (χ1v) is 4.68. The second-order valence-corrected chi connectivity index (χ2v) is 3.63. The summed E-state index contributed by atoms with van der Waals surface area (Å²) in [6.45, 7) is 1.73. The van der Waals surface area contributed by atoms with Crippen LogP contribution in [0, 0.1) is 11.8 Å². The zero-order chi connectivity index (χ0) is 10.2. The molecule has 0 aliphatic heterocycles. The molecule has 2 unspecified atom stereocenters. The molecule has 2 nitrogen and oxygen atoms in total. The van der Waals surface area contributed by atoms with Crippen molar-refractivity contribution in [2.45, 2.75) is 25.0 Å². The van der Waals surface area contributed by atoms with Gasteiger partial charge in [0, 0.05) is 18.0 Å². The van der Waals surface area contributed by atoms with Crippen LogP contribution in [-0.2, 0) is 5.60 Å². The van der Waals surface area contributed by atoms with Crippen LogP contribution in [0.2, 0.25) is 0 Å². The maximum absolute atomic E-state index is 10.3. The van der Waals surface area contributed by atoms with Crippen LogP contribution >= 0.6 is 0 Å². The van der Waals surface area contributed by atoms with E-state index in [0.717, 1.165) is 11.1 Å². The minimum atomic E-state index is -1.04. The average molecular weight is 187 g/mol. The fraction of sp³-hybridized carbons (Fsp3) is 0.333. The summed E-state index contributed by atoms with van der Waals surface area (Å²) >= 11 is 0. The summed E-state index contributed by atoms with van der Waals surface area (Å²) in [7, 11) is 0. The average Bonchev–Trinajstić information content (AvgIpc) is 2.41. The lowest BCUT2D eigenvalue weighted by atomic mass is 9.97. The second-order valence-electron chi connectivity index (χ2n) is 3.63. The zero-order valence-corrected chi connectivity index (χ0v) is 8.12. The van der Waals surface area contributed by atoms with Gasteiger partial charge in [0.25, 0.3) is 0 Å². The van der Waals surface area contributed by atoms with Gasteiger partial charge in [0.05, 0.1) is 0 Å². The van der Waals surface area contributed by atoms with E-state index in [1.165, 1.54) is 0 Å². The molecule has 2 heteroatoms. The quantitative estimate of drug-likeness (QED) is 0.601. The lowest BCUT2D eigenvalue weighted by Crippen LogP contribution is -2.20. The number of hydrogen-bond donors (Lipinski definition) is 2. The van der Waals surface area contributed by atoms with Gasteiger partial charge < -0.3 is 10.8 Å². The molecule has 0 amide bonds. The van der Waals surface area contributed by atoms with Crippen LogP contribution in [-0.4, -0.2) is 5.11 Å². The number of aliphatic hydroxyl groups is 1. The zero-order valence-electron chi connectivity index (χ0n) is 8.12. The highest BCUT2D eigenvalue weighted by Gasteiger charge is 2.39. The topological polar surface area (TPSA) is 46.2 Å². The SMILES string of the molecule is CC#CC1(O)CC(N)c2ccccc21. The van der Waals surface area contributed by atoms with Gasteiger partial charge in [-0.2, -0.15) is 0 Å². The minimum Gasteiger partial charge on any atom is -0.373 e. The Morgan fingerprint density at radius 2 is 2.21 bits per heavy atom. The molecule has 0 saturated carbocycles. The third-order valence-corrected chi connectivity index (χ3v) is 2.65. The van der Waals surface area contributed by atoms with Gasteiger partial charge in [0.1, 0.15) is 0 Å². The van der Waals surface area contributed by atoms with Crippen LogP contribution in [0.15, 0.2) is 24.3 Å². The van der Waals surface area contributed by atoms with Gasteiger partial charge in [-0.3, -0.25) is 0 Å². The summed E-state index contributed by atoms with van der Waals surface area (Å²) < 4.78 is 0. The molecule has 14 heavy (non-hydrogen) atoms. The van der Waals surface area contributed by atoms with Crippen molar-refractivity contribution in [2.24, 2.45) is 5.73 Å². The van der Waals surface area contributed by atoms with Crippen molar-refractivity contribution >= 4 is 0 Å². The fourth-order valence-corrected chi connectivity index (χ4v) is 2.06. The predicted molar refractivity (Wildman–Crippen MR) is 55.3 cm³/mol. The highest BCUT2D eigenvalue weighted by atomic mass is 16.3. The van der Waals surface area contributed by atoms with E-state index in [4.69, 9.17) is 5.73 Å². The summed E-state index contributed by atoms with van der Waals surface area (Å²) in [5.74, 6) is 5.59. The normalized spacial score (nSPS) is 29.2. The Morgan fingerprint density at radius 1 is 1.50 bits per heavy atom. The molecule has 0 radical (unpaired) electrons. The molecule has 1 aliphatic carbocycles. The Kier molecular flexibility index (Phi) is 2.07. The Balaban J connectivity index is 2.57. The smallest absolute Gasteiger partial charge is 0.153 e. The standard InChI is InChI=1S/C12H13NO/c1-2-7-12(14)8-11(13)9-5-3-4-6-10(9)12/h3-6,11,14H,8,13H2,1H3. The van der Waals surface area contributed by atoms with Crippen molar-refractivity contribution in [2.75, 3.05) is 0 Å². The minimum absolute atomic E-state index is 0.1000. The molecule has 1 aromatic carbocycles. The van der Waals surface area contributed by atoms with Crippen molar-refractivity contribution in [3.63, 3.8) is 0 Å². The van der Waals surface area contributed by atoms with Crippen LogP contribution in [0.1, 0.15) is 30.5 Å². The number of rotatable bonds is 0. The van der Waals surface area contributed by atoms with E-state index in [2.05, 4.69) is 11.8 Å². The molecule has 2 atom stereocenters. The summed E-state index contributed by atoms with van der Waals surface area (Å²) in [6, 6.07) is 7.59. The molecule has 72 valence electrons. The molecule has 0 spiro atoms. The Labute approximate surface area is 83.7 Å². The van der Waals surface area contributed by atoms with E-state index in [0.29, 0.717) is 6.42 Å². The number of benzene rings is 1. The molecule has 0 fully saturated rings. The van der Waals surface area contributed by atoms with Gasteiger partial charge in [-0.05, 0) is 12.5 Å². The maximum Gasteiger partial charge on any atom is 0.153 e. The van der Waals surface area contributed by atoms with Crippen LogP contribution in [0.25, 0.3) is 0 Å². The first-order valence-electron chi connectivity index (χ1n) is 4.68. The van der Waals surface area contributed by atoms with E-state index in [9.17, 15) is 5.11 Å². The number of hydrogen-bond acceptors (Lipinski definition) is 2. The Hall–Kier alpha value is -1.30. The molecule has 1 aliphatic rings. The van der Waals surface area contributed by atoms with Crippen molar-refractivity contribution in [3.05, 3.63) is 35.4 Å². The van der Waals surface area contributed by atoms with Gasteiger partial charge >= 0.3 is 0 Å². The van der Waals surface area contributed by atoms with Gasteiger partial charge in [-0.1, -0.05) is 30.2 Å². The molecule has 2 rings (SSSR count). The number of fused-ring (bicyclic) bond motifs is 1. The molecular weight excluding hydrogens is 174 g/mol. The molecule has 0 saturated heterocycles. The molecular formula is C12H13NO. The van der Waals surface area contributed by atoms with Crippen molar-refractivity contribution in [3.8, 4) is 11.8 Å². The Bertz CT molecular complexity index is 416. The molecule has 1 aromatic rings. The first kappa shape index (κ1) is 9.26. The van der Waals surface area contributed by atoms with Gasteiger partial charge in [0.15, 0.2) is 5.60 Å². The molecule has 0 bridgehead atoms. The highest BCUT2D eigenvalue weighted by Crippen LogP contribution is 2.41. The predicted octanol–water partition coefficient (Wildman–Crippen LogP) is 1.30. The second kappa shape index (κ2) is 3.13. The van der Waals surface area contributed by atoms with Crippen molar-refractivity contribution in [1.29, 1.82) is 0 Å². The summed E-state index contributed by atoms with van der Waals surface area (Å²) in [6.07, 6.45) is 0.493. The van der Waals surface area contributed by atoms with Gasteiger partial charge in [-0.25, -0.2) is 0 Å². The van der Waals surface area contributed by atoms with Gasteiger partial charge in [-0.15, -0.1) is 5.92 Å². The Morgan fingerprint density at radius 3 is 2.93 bits per heavy atom. The third kappa shape index (κ3) is 1.22. The van der Waals surface area contributed by atoms with Crippen LogP contribution < -0.4 is 5.73 Å². The summed E-state index contributed by atoms with van der Waals surface area (Å²) in [4.78, 5) is 0. The highest BCUT2D eigenvalue weighted by molar-refractivity contribution is 5.45. The summed E-state index contributed by atoms with van der Waals surface area (Å²) in [5, 5.41) is 10.3. The lowest BCUT2D eigenvalue weighted by molar-refractivity contribution is 0.0968. The molecule has 0 aromatic heterocycles. The van der Waals surface area contributed by atoms with Crippen molar-refractivity contribution in [1.82, 2.24) is 0 Å².